The molecule has 0 saturated heterocycles. The van der Waals surface area contributed by atoms with Gasteiger partial charge in [-0.2, -0.15) is 35.2 Å². The van der Waals surface area contributed by atoms with E-state index in [1.807, 2.05) is 0 Å². The quantitative estimate of drug-likeness (QED) is 0.0144. The molecule has 0 aliphatic rings. The predicted octanol–water partition coefficient (Wildman–Crippen LogP) is -2.09. The summed E-state index contributed by atoms with van der Waals surface area (Å²) in [4.78, 5) is 223. The highest BCUT2D eigenvalue weighted by Crippen LogP contribution is 2.22. The summed E-state index contributed by atoms with van der Waals surface area (Å²) in [6.07, 6.45) is -2.06. The number of H-pyrrole nitrogens is 2. The Labute approximate surface area is 597 Å². The highest BCUT2D eigenvalue weighted by Gasteiger charge is 2.33. The number of thiol groups is 2. The molecule has 556 valence electrons. The van der Waals surface area contributed by atoms with E-state index < -0.39 is 200 Å². The average Bonchev–Trinajstić information content (AvgIpc) is 0.817. The molecule has 104 heavy (non-hydrogen) atoms. The number of nitrogens with two attached hydrogens (primary N) is 4. The summed E-state index contributed by atoms with van der Waals surface area (Å²) >= 11 is 7.73. The highest BCUT2D eigenvalue weighted by atomic mass is 32.1. The molecule has 42 heteroatoms. The lowest BCUT2D eigenvalue weighted by Gasteiger charge is -2.21. The van der Waals surface area contributed by atoms with Crippen LogP contribution in [0.4, 0.5) is 23.3 Å². The fourth-order valence-electron chi connectivity index (χ4n) is 9.45. The minimum Gasteiger partial charge on any atom is -0.481 e. The summed E-state index contributed by atoms with van der Waals surface area (Å²) in [7, 11) is 0. The van der Waals surface area contributed by atoms with Gasteiger partial charge in [-0.25, -0.2) is 19.9 Å². The second kappa shape index (κ2) is 39.9. The maximum atomic E-state index is 13.1. The van der Waals surface area contributed by atoms with Crippen molar-refractivity contribution in [2.45, 2.75) is 101 Å². The van der Waals surface area contributed by atoms with Crippen molar-refractivity contribution < 1.29 is 97.8 Å². The van der Waals surface area contributed by atoms with Gasteiger partial charge in [0.1, 0.15) is 12.1 Å². The molecule has 0 aliphatic heterocycles. The van der Waals surface area contributed by atoms with Gasteiger partial charge in [0, 0.05) is 91.5 Å². The Morgan fingerprint density at radius 2 is 0.846 bits per heavy atom. The molecule has 0 radical (unpaired) electrons. The van der Waals surface area contributed by atoms with Crippen LogP contribution in [0.15, 0.2) is 70.5 Å². The van der Waals surface area contributed by atoms with E-state index in [0.29, 0.717) is 22.8 Å². The minimum absolute atomic E-state index is 0.00908. The van der Waals surface area contributed by atoms with Crippen LogP contribution in [0.3, 0.4) is 0 Å². The molecule has 2 aromatic carbocycles. The number of carbonyl (C=O) groups is 14. The number of amides is 4. The summed E-state index contributed by atoms with van der Waals surface area (Å²) in [6.45, 7) is -0.640. The van der Waals surface area contributed by atoms with Gasteiger partial charge in [0.25, 0.3) is 11.1 Å². The molecule has 0 saturated carbocycles. The Kier molecular flexibility index (Phi) is 31.8. The van der Waals surface area contributed by atoms with E-state index in [1.165, 1.54) is 36.7 Å². The first-order chi connectivity index (χ1) is 49.1. The van der Waals surface area contributed by atoms with Crippen molar-refractivity contribution >= 4 is 153 Å². The molecule has 0 bridgehead atoms. The predicted molar refractivity (Wildman–Crippen MR) is 370 cm³/mol. The van der Waals surface area contributed by atoms with Crippen LogP contribution in [-0.2, 0) is 70.6 Å². The summed E-state index contributed by atoms with van der Waals surface area (Å²) in [5, 5.41) is 70.7. The number of anilines is 4. The van der Waals surface area contributed by atoms with Crippen molar-refractivity contribution in [1.29, 1.82) is 0 Å². The number of benzene rings is 2. The number of aromatic nitrogens is 8. The number of aromatic amines is 2. The van der Waals surface area contributed by atoms with Crippen LogP contribution in [-0.4, -0.2) is 202 Å². The largest absolute Gasteiger partial charge is 0.481 e. The smallest absolute Gasteiger partial charge is 0.307 e. The number of carbonyl (C=O) groups excluding carboxylic acids is 8. The minimum atomic E-state index is -1.60. The lowest BCUT2D eigenvalue weighted by molar-refractivity contribution is -0.144. The zero-order valence-corrected chi connectivity index (χ0v) is 56.6. The summed E-state index contributed by atoms with van der Waals surface area (Å²) in [5.74, 6) is -19.6. The van der Waals surface area contributed by atoms with Gasteiger partial charge in [-0.1, -0.05) is 0 Å². The van der Waals surface area contributed by atoms with Gasteiger partial charge in [-0.05, 0) is 61.4 Å². The van der Waals surface area contributed by atoms with E-state index in [9.17, 15) is 97.1 Å². The zero-order chi connectivity index (χ0) is 77.1. The van der Waals surface area contributed by atoms with Crippen molar-refractivity contribution in [2.24, 2.45) is 35.1 Å². The Hall–Kier alpha value is -11.9. The Morgan fingerprint density at radius 1 is 0.462 bits per heavy atom. The molecule has 22 N–H and O–H groups in total. The summed E-state index contributed by atoms with van der Waals surface area (Å²) < 4.78 is 0. The van der Waals surface area contributed by atoms with E-state index in [1.54, 1.807) is 24.3 Å². The molecule has 0 unspecified atom stereocenters. The first-order valence-electron chi connectivity index (χ1n) is 31.2. The van der Waals surface area contributed by atoms with Crippen LogP contribution in [0.2, 0.25) is 0 Å². The SMILES string of the molecule is Nc1nc2ncc(CNc3ccc(C(=O)C[C@H](CCC(=O)NC[C@H](N)C(=O)N[C@@H](CC(=O)O)C(=O)C[C@@H](CS)C(=O)O)C(=O)O)cc3)nc2c(=O)[nH]1.Nc1nc2ncc(CNc3ccc(C(=O)C[C@H](CCC(=O)O)C(=O)NC[C@H](N)C(=O)N[C@@H](CC(=O)O)C(=O)C[C@@H](CS)C(=O)O)cc3)nc2c(=O)[nH]1. The zero-order valence-electron chi connectivity index (χ0n) is 54.8. The lowest BCUT2D eigenvalue weighted by Crippen LogP contribution is -2.53. The van der Waals surface area contributed by atoms with E-state index in [0.717, 1.165) is 0 Å². The van der Waals surface area contributed by atoms with Gasteiger partial charge < -0.3 is 85.5 Å². The van der Waals surface area contributed by atoms with Gasteiger partial charge in [0.2, 0.25) is 35.5 Å². The van der Waals surface area contributed by atoms with Crippen LogP contribution in [0.5, 0.6) is 0 Å². The highest BCUT2D eigenvalue weighted by molar-refractivity contribution is 7.80. The van der Waals surface area contributed by atoms with Crippen LogP contribution in [0.1, 0.15) is 96.3 Å². The molecule has 0 fully saturated rings. The maximum absolute atomic E-state index is 13.1. The monoisotopic (exact) mass is 1490 g/mol. The fraction of sp³-hybridized carbons (Fsp3) is 0.387. The first kappa shape index (κ1) is 82.7. The summed E-state index contributed by atoms with van der Waals surface area (Å²) in [5.41, 5.74) is 24.2. The number of aliphatic carboxylic acids is 6. The van der Waals surface area contributed by atoms with Gasteiger partial charge in [-0.15, -0.1) is 0 Å². The standard InChI is InChI=1S/2C31H37N9O11S/c32-19(27(46)38-20(9-24(44)45)22(42)8-16(13-52)30(50)51)12-35-23(43)6-3-15(29(48)49)7-21(41)14-1-4-17(5-2-14)34-10-18-11-36-26-25(37-18)28(47)40-31(33)39-26;32-19(28(48)38-20(9-24(45)46)22(42)8-16(13-52)30(50)51)12-36-27(47)15(3-6-23(43)44)7-21(41)14-1-4-17(5-2-14)34-10-18-11-35-26-25(37-18)29(49)40-31(33)39-26/h1-2,4-5,11,15-16,19-20,34,52H,3,6-10,12-13,32H2,(H,35,43)(H,38,46)(H,44,45)(H,48,49)(H,50,51)(H3,33,36,39,40,47);1-2,4-5,11,15-16,19-20,34,52H,3,6-10,12-13,32H2,(H,36,47)(H,38,48)(H,43,44)(H,45,46)(H,50,51)(H3,33,35,39,40,49)/t2*15-,16-,19-,20-/m00/s1. The van der Waals surface area contributed by atoms with Crippen molar-refractivity contribution in [3.8, 4) is 0 Å². The topological polar surface area (TPSA) is 680 Å². The Morgan fingerprint density at radius 3 is 1.22 bits per heavy atom. The van der Waals surface area contributed by atoms with Crippen molar-refractivity contribution in [3.05, 3.63) is 104 Å². The first-order valence-corrected chi connectivity index (χ1v) is 32.5. The van der Waals surface area contributed by atoms with Gasteiger partial charge in [-0.3, -0.25) is 86.7 Å². The second-order valence-electron chi connectivity index (χ2n) is 23.1. The number of ketones is 4. The molecule has 8 atom stereocenters. The van der Waals surface area contributed by atoms with Crippen LogP contribution >= 0.6 is 25.3 Å². The Bertz CT molecular complexity index is 4320. The number of carboxylic acid groups (broad SMARTS) is 6. The van der Waals surface area contributed by atoms with Crippen molar-refractivity contribution in [1.82, 2.24) is 61.1 Å². The van der Waals surface area contributed by atoms with Gasteiger partial charge >= 0.3 is 35.8 Å². The van der Waals surface area contributed by atoms with Crippen LogP contribution in [0, 0.1) is 23.7 Å². The number of carboxylic acids is 6. The third kappa shape index (κ3) is 26.6. The molecule has 0 spiro atoms. The third-order valence-corrected chi connectivity index (χ3v) is 16.1. The van der Waals surface area contributed by atoms with E-state index >= 15 is 0 Å². The van der Waals surface area contributed by atoms with E-state index in [-0.39, 0.29) is 89.2 Å². The molecule has 6 aromatic rings. The normalized spacial score (nSPS) is 13.3. The number of nitrogen functional groups attached to an aromatic ring is 2. The Balaban J connectivity index is 0.000000374. The van der Waals surface area contributed by atoms with E-state index in [4.69, 9.17) is 33.1 Å². The summed E-state index contributed by atoms with van der Waals surface area (Å²) in [6, 6.07) is 6.20. The molecule has 6 rings (SSSR count). The maximum Gasteiger partial charge on any atom is 0.307 e. The van der Waals surface area contributed by atoms with Crippen LogP contribution < -0.4 is 66.0 Å². The van der Waals surface area contributed by atoms with Gasteiger partial charge in [0.15, 0.2) is 45.5 Å². The molecule has 4 aromatic heterocycles. The number of Topliss-reactive ketones (excluding diaryl/α,β-unsaturated/α-hetero) is 4. The number of fused-ring (bicyclic) bond motifs is 2. The fourth-order valence-corrected chi connectivity index (χ4v) is 10.0. The van der Waals surface area contributed by atoms with Gasteiger partial charge in [0.05, 0.1) is 79.6 Å². The van der Waals surface area contributed by atoms with Crippen LogP contribution in [0.25, 0.3) is 22.3 Å². The average molecular weight is 1490 g/mol. The molecule has 4 amide bonds. The molecular weight excluding hydrogens is 1410 g/mol. The lowest BCUT2D eigenvalue weighted by atomic mass is 9.93. The van der Waals surface area contributed by atoms with Crippen molar-refractivity contribution in [2.75, 3.05) is 46.7 Å². The number of rotatable bonds is 42. The van der Waals surface area contributed by atoms with Crippen molar-refractivity contribution in [3.63, 3.8) is 0 Å². The number of hydrogen-bond acceptors (Lipinski definition) is 30. The number of nitrogens with one attached hydrogen (secondary N) is 8. The second-order valence-corrected chi connectivity index (χ2v) is 23.9. The number of hydrogen-bond donors (Lipinski definition) is 20. The van der Waals surface area contributed by atoms with E-state index in [2.05, 4.69) is 97.0 Å². The molecular formula is C62H74N18O22S2. The molecule has 0 aliphatic carbocycles. The number of nitrogens with zero attached hydrogens (tertiary/aromatic N) is 6. The molecule has 4 heterocycles. The molecule has 40 nitrogen and oxygen atoms in total. The third-order valence-electron chi connectivity index (χ3n) is 15.2.